The molecule has 34 heavy (non-hydrogen) atoms. The van der Waals surface area contributed by atoms with E-state index in [0.29, 0.717) is 17.8 Å². The van der Waals surface area contributed by atoms with Gasteiger partial charge in [-0.25, -0.2) is 4.79 Å². The first-order chi connectivity index (χ1) is 16.3. The highest BCUT2D eigenvalue weighted by molar-refractivity contribution is 6.01. The summed E-state index contributed by atoms with van der Waals surface area (Å²) in [5.41, 5.74) is 3.85. The lowest BCUT2D eigenvalue weighted by Gasteiger charge is -2.30. The molecule has 0 bridgehead atoms. The van der Waals surface area contributed by atoms with Crippen LogP contribution in [-0.4, -0.2) is 39.7 Å². The van der Waals surface area contributed by atoms with Gasteiger partial charge >= 0.3 is 6.03 Å². The van der Waals surface area contributed by atoms with Gasteiger partial charge in [0.05, 0.1) is 11.4 Å². The van der Waals surface area contributed by atoms with Gasteiger partial charge in [-0.3, -0.25) is 0 Å². The van der Waals surface area contributed by atoms with Gasteiger partial charge in [0.1, 0.15) is 0 Å². The van der Waals surface area contributed by atoms with Gasteiger partial charge in [0.25, 0.3) is 0 Å². The summed E-state index contributed by atoms with van der Waals surface area (Å²) in [5, 5.41) is 19.4. The molecule has 0 saturated heterocycles. The van der Waals surface area contributed by atoms with Crippen LogP contribution in [0.3, 0.4) is 0 Å². The highest BCUT2D eigenvalue weighted by atomic mass is 16.2. The number of hydrogen-bond donors (Lipinski definition) is 3. The van der Waals surface area contributed by atoms with E-state index in [1.54, 1.807) is 0 Å². The molecule has 2 aromatic carbocycles. The fourth-order valence-corrected chi connectivity index (χ4v) is 3.61. The molecule has 0 spiro atoms. The Balaban J connectivity index is 0.000000335. The van der Waals surface area contributed by atoms with E-state index in [2.05, 4.69) is 69.9 Å². The monoisotopic (exact) mass is 463 g/mol. The Bertz CT molecular complexity index is 1000. The predicted molar refractivity (Wildman–Crippen MR) is 138 cm³/mol. The van der Waals surface area contributed by atoms with E-state index in [1.807, 2.05) is 49.4 Å². The van der Waals surface area contributed by atoms with Crippen LogP contribution in [0.15, 0.2) is 48.5 Å². The molecule has 1 saturated carbocycles. The zero-order valence-corrected chi connectivity index (χ0v) is 20.9. The minimum absolute atomic E-state index is 0.227. The molecule has 3 aromatic rings. The summed E-state index contributed by atoms with van der Waals surface area (Å²) >= 11 is 0. The van der Waals surface area contributed by atoms with E-state index in [1.165, 1.54) is 18.4 Å². The maximum atomic E-state index is 12.4. The molecule has 0 radical (unpaired) electrons. The average Bonchev–Trinajstić information content (AvgIpc) is 3.49. The van der Waals surface area contributed by atoms with Gasteiger partial charge in [-0.2, -0.15) is 5.21 Å². The molecule has 8 heteroatoms. The molecule has 1 aliphatic carbocycles. The van der Waals surface area contributed by atoms with Crippen molar-refractivity contribution in [1.29, 1.82) is 0 Å². The number of para-hydroxylation sites is 2. The van der Waals surface area contributed by atoms with Crippen LogP contribution in [0.5, 0.6) is 0 Å². The highest BCUT2D eigenvalue weighted by Crippen LogP contribution is 2.37. The lowest BCUT2D eigenvalue weighted by Crippen LogP contribution is -2.32. The minimum Gasteiger partial charge on any atom is -0.369 e. The number of carbonyl (C=O) groups is 1. The number of nitrogens with one attached hydrogen (secondary N) is 3. The maximum absolute atomic E-state index is 12.4. The predicted octanol–water partition coefficient (Wildman–Crippen LogP) is 5.83. The first-order valence-corrected chi connectivity index (χ1v) is 12.0. The van der Waals surface area contributed by atoms with E-state index in [9.17, 15) is 4.79 Å². The van der Waals surface area contributed by atoms with Gasteiger partial charge in [-0.05, 0) is 55.9 Å². The van der Waals surface area contributed by atoms with Gasteiger partial charge < -0.3 is 15.5 Å². The van der Waals surface area contributed by atoms with E-state index in [0.717, 1.165) is 36.0 Å². The molecule has 2 amide bonds. The number of aromatic nitrogens is 4. The summed E-state index contributed by atoms with van der Waals surface area (Å²) in [4.78, 5) is 14.8. The second-order valence-electron chi connectivity index (χ2n) is 9.70. The van der Waals surface area contributed by atoms with Crippen molar-refractivity contribution >= 4 is 23.1 Å². The molecule has 0 unspecified atom stereocenters. The van der Waals surface area contributed by atoms with Gasteiger partial charge in [0, 0.05) is 24.7 Å². The molecule has 1 aromatic heterocycles. The van der Waals surface area contributed by atoms with Crippen LogP contribution in [0.1, 0.15) is 57.8 Å². The van der Waals surface area contributed by atoms with Crippen molar-refractivity contribution in [3.63, 3.8) is 0 Å². The van der Waals surface area contributed by atoms with Crippen molar-refractivity contribution in [2.75, 3.05) is 28.6 Å². The van der Waals surface area contributed by atoms with Gasteiger partial charge in [-0.15, -0.1) is 10.2 Å². The molecule has 1 fully saturated rings. The van der Waals surface area contributed by atoms with Crippen LogP contribution < -0.4 is 15.5 Å². The number of nitrogens with zero attached hydrogens (tertiary/aromatic N) is 4. The van der Waals surface area contributed by atoms with Crippen molar-refractivity contribution < 1.29 is 4.79 Å². The quantitative estimate of drug-likeness (QED) is 0.390. The first kappa shape index (κ1) is 25.2. The molecule has 4 rings (SSSR count). The Morgan fingerprint density at radius 3 is 2.21 bits per heavy atom. The fraction of sp³-hybridized carbons (Fsp3) is 0.462. The van der Waals surface area contributed by atoms with E-state index in [4.69, 9.17) is 0 Å². The average molecular weight is 464 g/mol. The molecule has 3 N–H and O–H groups in total. The van der Waals surface area contributed by atoms with Gasteiger partial charge in [0.15, 0.2) is 5.82 Å². The lowest BCUT2D eigenvalue weighted by molar-refractivity contribution is 0.262. The summed E-state index contributed by atoms with van der Waals surface area (Å²) in [5.74, 6) is 2.59. The smallest absolute Gasteiger partial charge is 0.323 e. The van der Waals surface area contributed by atoms with Gasteiger partial charge in [0.2, 0.25) is 0 Å². The van der Waals surface area contributed by atoms with Gasteiger partial charge in [-0.1, -0.05) is 62.7 Å². The molecular formula is C26H37N7O. The summed E-state index contributed by atoms with van der Waals surface area (Å²) in [6.45, 7) is 12.8. The summed E-state index contributed by atoms with van der Waals surface area (Å²) in [6, 6.07) is 15.6. The number of urea groups is 1. The fourth-order valence-electron chi connectivity index (χ4n) is 3.61. The number of H-pyrrole nitrogens is 1. The summed E-state index contributed by atoms with van der Waals surface area (Å²) in [7, 11) is 0. The molecule has 1 aliphatic rings. The zero-order chi connectivity index (χ0) is 24.5. The molecular weight excluding hydrogens is 426 g/mol. The molecule has 182 valence electrons. The lowest BCUT2D eigenvalue weighted by atomic mass is 10.1. The number of anilines is 3. The Labute approximate surface area is 202 Å². The van der Waals surface area contributed by atoms with Crippen molar-refractivity contribution in [2.45, 2.75) is 53.4 Å². The number of carbonyl (C=O) groups excluding carboxylic acids is 1. The van der Waals surface area contributed by atoms with Crippen LogP contribution >= 0.6 is 0 Å². The molecule has 0 aliphatic heterocycles. The largest absolute Gasteiger partial charge is 0.369 e. The minimum atomic E-state index is -0.227. The number of rotatable bonds is 8. The van der Waals surface area contributed by atoms with E-state index < -0.39 is 0 Å². The van der Waals surface area contributed by atoms with Crippen LogP contribution in [0, 0.1) is 18.8 Å². The topological polar surface area (TPSA) is 98.8 Å². The number of benzene rings is 2. The molecule has 0 atom stereocenters. The zero-order valence-electron chi connectivity index (χ0n) is 20.9. The standard InChI is InChI=1S/C22H31N3O.C4H6N4/c1-16(2)14-25(15-17(3)4)21-9-7-6-8-20(21)24-22(26)23-19-12-10-18(5)11-13-19;1-2-3(1)4-5-7-8-6-4/h6-13,16-17H,14-15H2,1-5H3,(H2,23,24,26);3H,1-2H2,(H,5,6,7,8). The Kier molecular flexibility index (Phi) is 9.01. The summed E-state index contributed by atoms with van der Waals surface area (Å²) < 4.78 is 0. The van der Waals surface area contributed by atoms with Crippen LogP contribution in [0.25, 0.3) is 0 Å². The Hall–Kier alpha value is -3.42. The third-order valence-corrected chi connectivity index (χ3v) is 5.28. The second kappa shape index (κ2) is 12.2. The van der Waals surface area contributed by atoms with Crippen LogP contribution in [0.2, 0.25) is 0 Å². The second-order valence-corrected chi connectivity index (χ2v) is 9.70. The first-order valence-electron chi connectivity index (χ1n) is 12.0. The number of tetrazole rings is 1. The van der Waals surface area contributed by atoms with Crippen molar-refractivity contribution in [1.82, 2.24) is 20.6 Å². The Morgan fingerprint density at radius 2 is 1.65 bits per heavy atom. The molecule has 1 heterocycles. The number of hydrogen-bond acceptors (Lipinski definition) is 5. The third kappa shape index (κ3) is 8.17. The summed E-state index contributed by atoms with van der Waals surface area (Å²) in [6.07, 6.45) is 2.47. The van der Waals surface area contributed by atoms with Crippen molar-refractivity contribution in [3.8, 4) is 0 Å². The van der Waals surface area contributed by atoms with Crippen LogP contribution in [-0.2, 0) is 0 Å². The Morgan fingerprint density at radius 1 is 1.00 bits per heavy atom. The molecule has 8 nitrogen and oxygen atoms in total. The number of amides is 2. The SMILES string of the molecule is C1CC1c1nn[nH]n1.Cc1ccc(NC(=O)Nc2ccccc2N(CC(C)C)CC(C)C)cc1. The van der Waals surface area contributed by atoms with E-state index >= 15 is 0 Å². The number of aryl methyl sites for hydroxylation is 1. The highest BCUT2D eigenvalue weighted by Gasteiger charge is 2.27. The normalized spacial score (nSPS) is 12.8. The maximum Gasteiger partial charge on any atom is 0.323 e. The third-order valence-electron chi connectivity index (χ3n) is 5.28. The number of aromatic amines is 1. The van der Waals surface area contributed by atoms with Crippen LogP contribution in [0.4, 0.5) is 21.9 Å². The van der Waals surface area contributed by atoms with Crippen molar-refractivity contribution in [2.24, 2.45) is 11.8 Å². The van der Waals surface area contributed by atoms with Crippen molar-refractivity contribution in [3.05, 3.63) is 59.9 Å². The van der Waals surface area contributed by atoms with E-state index in [-0.39, 0.29) is 6.03 Å².